The lowest BCUT2D eigenvalue weighted by Gasteiger charge is -2.10. The molecule has 0 atom stereocenters. The number of hydrogen-bond acceptors (Lipinski definition) is 3. The van der Waals surface area contributed by atoms with E-state index in [1.54, 1.807) is 25.3 Å². The molecule has 0 aliphatic carbocycles. The Hall–Kier alpha value is -1.51. The molecule has 0 heterocycles. The smallest absolute Gasteiger partial charge is 0.166 e. The first kappa shape index (κ1) is 11.6. The number of ether oxygens (including phenoxy) is 2. The van der Waals surface area contributed by atoms with E-state index in [4.69, 9.17) is 9.47 Å². The molecule has 0 amide bonds. The average Bonchev–Trinajstić information content (AvgIpc) is 2.28. The minimum Gasteiger partial charge on any atom is -0.497 e. The van der Waals surface area contributed by atoms with E-state index < -0.39 is 0 Å². The summed E-state index contributed by atoms with van der Waals surface area (Å²) in [5.41, 5.74) is 0.625. The Balaban J connectivity index is 3.08. The molecule has 0 N–H and O–H groups in total. The Morgan fingerprint density at radius 2 is 2.07 bits per heavy atom. The second-order valence-corrected chi connectivity index (χ2v) is 3.07. The van der Waals surface area contributed by atoms with Crippen molar-refractivity contribution < 1.29 is 14.3 Å². The maximum Gasteiger partial charge on any atom is 0.166 e. The third-order valence-corrected chi connectivity index (χ3v) is 2.11. The number of Topliss-reactive ketones (excluding diaryl/α,β-unsaturated/α-hetero) is 1. The molecule has 0 aliphatic heterocycles. The van der Waals surface area contributed by atoms with E-state index in [9.17, 15) is 4.79 Å². The standard InChI is InChI=1S/C12H16O3/c1-4-11(13)10-7-6-9(14-3)8-12(10)15-5-2/h6-8H,4-5H2,1-3H3. The highest BCUT2D eigenvalue weighted by atomic mass is 16.5. The van der Waals surface area contributed by atoms with E-state index in [2.05, 4.69) is 0 Å². The van der Waals surface area contributed by atoms with Gasteiger partial charge in [-0.25, -0.2) is 0 Å². The van der Waals surface area contributed by atoms with Crippen LogP contribution in [0.1, 0.15) is 30.6 Å². The Bertz CT molecular complexity index is 345. The van der Waals surface area contributed by atoms with Crippen LogP contribution in [0.5, 0.6) is 11.5 Å². The number of carbonyl (C=O) groups is 1. The van der Waals surface area contributed by atoms with Gasteiger partial charge in [0.05, 0.1) is 19.3 Å². The van der Waals surface area contributed by atoms with Crippen molar-refractivity contribution in [1.82, 2.24) is 0 Å². The van der Waals surface area contributed by atoms with E-state index >= 15 is 0 Å². The summed E-state index contributed by atoms with van der Waals surface area (Å²) in [6.07, 6.45) is 0.479. The maximum atomic E-state index is 11.6. The van der Waals surface area contributed by atoms with Crippen molar-refractivity contribution in [2.45, 2.75) is 20.3 Å². The van der Waals surface area contributed by atoms with Gasteiger partial charge in [-0.3, -0.25) is 4.79 Å². The summed E-state index contributed by atoms with van der Waals surface area (Å²) in [5, 5.41) is 0. The topological polar surface area (TPSA) is 35.5 Å². The summed E-state index contributed by atoms with van der Waals surface area (Å²) in [6, 6.07) is 5.26. The van der Waals surface area contributed by atoms with Crippen LogP contribution in [0.2, 0.25) is 0 Å². The summed E-state index contributed by atoms with van der Waals surface area (Å²) in [5.74, 6) is 1.39. The SMILES string of the molecule is CCOc1cc(OC)ccc1C(=O)CC. The molecule has 0 aliphatic rings. The average molecular weight is 208 g/mol. The third kappa shape index (κ3) is 2.72. The lowest BCUT2D eigenvalue weighted by atomic mass is 10.1. The highest BCUT2D eigenvalue weighted by molar-refractivity contribution is 5.98. The van der Waals surface area contributed by atoms with Crippen molar-refractivity contribution in [1.29, 1.82) is 0 Å². The highest BCUT2D eigenvalue weighted by Gasteiger charge is 2.11. The van der Waals surface area contributed by atoms with Gasteiger partial charge in [0.25, 0.3) is 0 Å². The second-order valence-electron chi connectivity index (χ2n) is 3.07. The molecule has 0 saturated heterocycles. The molecule has 3 heteroatoms. The predicted octanol–water partition coefficient (Wildman–Crippen LogP) is 2.69. The van der Waals surface area contributed by atoms with Crippen molar-refractivity contribution in [2.75, 3.05) is 13.7 Å². The van der Waals surface area contributed by atoms with Crippen LogP contribution in [-0.4, -0.2) is 19.5 Å². The van der Waals surface area contributed by atoms with Crippen LogP contribution in [0.15, 0.2) is 18.2 Å². The molecule has 0 spiro atoms. The van der Waals surface area contributed by atoms with E-state index in [-0.39, 0.29) is 5.78 Å². The van der Waals surface area contributed by atoms with Gasteiger partial charge in [-0.05, 0) is 19.1 Å². The quantitative estimate of drug-likeness (QED) is 0.698. The number of methoxy groups -OCH3 is 1. The van der Waals surface area contributed by atoms with Gasteiger partial charge in [-0.2, -0.15) is 0 Å². The first-order valence-electron chi connectivity index (χ1n) is 5.07. The minimum atomic E-state index is 0.0844. The van der Waals surface area contributed by atoms with Crippen LogP contribution in [0.4, 0.5) is 0 Å². The van der Waals surface area contributed by atoms with Gasteiger partial charge in [-0.1, -0.05) is 6.92 Å². The summed E-state index contributed by atoms with van der Waals surface area (Å²) < 4.78 is 10.5. The zero-order chi connectivity index (χ0) is 11.3. The molecule has 0 aromatic heterocycles. The molecule has 0 radical (unpaired) electrons. The van der Waals surface area contributed by atoms with Crippen molar-refractivity contribution in [2.24, 2.45) is 0 Å². The fraction of sp³-hybridized carbons (Fsp3) is 0.417. The van der Waals surface area contributed by atoms with Crippen LogP contribution in [0.25, 0.3) is 0 Å². The molecular weight excluding hydrogens is 192 g/mol. The predicted molar refractivity (Wildman–Crippen MR) is 58.8 cm³/mol. The van der Waals surface area contributed by atoms with Crippen LogP contribution in [0.3, 0.4) is 0 Å². The van der Waals surface area contributed by atoms with E-state index in [1.165, 1.54) is 0 Å². The monoisotopic (exact) mass is 208 g/mol. The second kappa shape index (κ2) is 5.39. The van der Waals surface area contributed by atoms with E-state index in [0.717, 1.165) is 0 Å². The largest absolute Gasteiger partial charge is 0.497 e. The molecule has 0 fully saturated rings. The Kier molecular flexibility index (Phi) is 4.16. The minimum absolute atomic E-state index is 0.0844. The zero-order valence-electron chi connectivity index (χ0n) is 9.37. The van der Waals surface area contributed by atoms with Gasteiger partial charge in [0.15, 0.2) is 5.78 Å². The van der Waals surface area contributed by atoms with Crippen molar-refractivity contribution in [3.8, 4) is 11.5 Å². The summed E-state index contributed by atoms with van der Waals surface area (Å²) >= 11 is 0. The van der Waals surface area contributed by atoms with Crippen molar-refractivity contribution in [3.05, 3.63) is 23.8 Å². The van der Waals surface area contributed by atoms with Crippen molar-refractivity contribution in [3.63, 3.8) is 0 Å². The molecule has 0 saturated carbocycles. The molecule has 1 aromatic rings. The number of carbonyl (C=O) groups excluding carboxylic acids is 1. The molecule has 82 valence electrons. The van der Waals surface area contributed by atoms with Crippen LogP contribution in [-0.2, 0) is 0 Å². The number of benzene rings is 1. The maximum absolute atomic E-state index is 11.6. The lowest BCUT2D eigenvalue weighted by molar-refractivity contribution is 0.0984. The van der Waals surface area contributed by atoms with Gasteiger partial charge < -0.3 is 9.47 Å². The van der Waals surface area contributed by atoms with Gasteiger partial charge in [0, 0.05) is 12.5 Å². The Labute approximate surface area is 90.0 Å². The lowest BCUT2D eigenvalue weighted by Crippen LogP contribution is -2.03. The van der Waals surface area contributed by atoms with Crippen LogP contribution >= 0.6 is 0 Å². The molecule has 3 nitrogen and oxygen atoms in total. The number of hydrogen-bond donors (Lipinski definition) is 0. The summed E-state index contributed by atoms with van der Waals surface area (Å²) in [7, 11) is 1.59. The molecular formula is C12H16O3. The zero-order valence-corrected chi connectivity index (χ0v) is 9.37. The van der Waals surface area contributed by atoms with Gasteiger partial charge in [0.1, 0.15) is 11.5 Å². The molecule has 0 unspecified atom stereocenters. The van der Waals surface area contributed by atoms with Crippen LogP contribution in [0, 0.1) is 0 Å². The Morgan fingerprint density at radius 3 is 2.60 bits per heavy atom. The normalized spacial score (nSPS) is 9.80. The summed E-state index contributed by atoms with van der Waals surface area (Å²) in [4.78, 5) is 11.6. The molecule has 15 heavy (non-hydrogen) atoms. The molecule has 0 bridgehead atoms. The number of ketones is 1. The number of rotatable bonds is 5. The van der Waals surface area contributed by atoms with Gasteiger partial charge >= 0.3 is 0 Å². The van der Waals surface area contributed by atoms with Crippen molar-refractivity contribution >= 4 is 5.78 Å². The molecule has 1 aromatic carbocycles. The van der Waals surface area contributed by atoms with Gasteiger partial charge in [0.2, 0.25) is 0 Å². The Morgan fingerprint density at radius 1 is 1.33 bits per heavy atom. The fourth-order valence-corrected chi connectivity index (χ4v) is 1.33. The van der Waals surface area contributed by atoms with E-state index in [0.29, 0.717) is 30.1 Å². The first-order valence-corrected chi connectivity index (χ1v) is 5.07. The van der Waals surface area contributed by atoms with E-state index in [1.807, 2.05) is 13.8 Å². The fourth-order valence-electron chi connectivity index (χ4n) is 1.33. The summed E-state index contributed by atoms with van der Waals surface area (Å²) in [6.45, 7) is 4.26. The highest BCUT2D eigenvalue weighted by Crippen LogP contribution is 2.25. The molecule has 1 rings (SSSR count). The van der Waals surface area contributed by atoms with Gasteiger partial charge in [-0.15, -0.1) is 0 Å². The van der Waals surface area contributed by atoms with Crippen LogP contribution < -0.4 is 9.47 Å². The first-order chi connectivity index (χ1) is 7.22. The third-order valence-electron chi connectivity index (χ3n) is 2.11.